The van der Waals surface area contributed by atoms with Crippen molar-refractivity contribution >= 4 is 39.1 Å². The number of anilines is 2. The summed E-state index contributed by atoms with van der Waals surface area (Å²) in [5, 5.41) is 2.82. The molecule has 0 saturated carbocycles. The van der Waals surface area contributed by atoms with Gasteiger partial charge in [0.15, 0.2) is 10.4 Å². The average molecular weight is 434 g/mol. The largest absolute Gasteiger partial charge is 0.444 e. The summed E-state index contributed by atoms with van der Waals surface area (Å²) < 4.78 is 5.78. The standard InChI is InChI=1S/C20H24BrN3O3/c1-14(2)13-19(25)24-11-9-23(10-12-24)16-5-3-15(4-6-16)22-20(26)17-7-8-18(21)27-17/h3-8,14H,9-13H2,1-2H3,(H,22,26). The first-order valence-corrected chi connectivity index (χ1v) is 9.91. The van der Waals surface area contributed by atoms with Crippen LogP contribution in [0.2, 0.25) is 0 Å². The van der Waals surface area contributed by atoms with Crippen molar-refractivity contribution in [2.75, 3.05) is 36.4 Å². The molecular formula is C20H24BrN3O3. The minimum Gasteiger partial charge on any atom is -0.444 e. The van der Waals surface area contributed by atoms with E-state index >= 15 is 0 Å². The molecule has 0 aliphatic carbocycles. The Balaban J connectivity index is 1.54. The summed E-state index contributed by atoms with van der Waals surface area (Å²) in [6.45, 7) is 7.26. The molecule has 0 unspecified atom stereocenters. The van der Waals surface area contributed by atoms with E-state index in [4.69, 9.17) is 4.42 Å². The number of halogens is 1. The lowest BCUT2D eigenvalue weighted by molar-refractivity contribution is -0.132. The van der Waals surface area contributed by atoms with E-state index < -0.39 is 0 Å². The third-order valence-electron chi connectivity index (χ3n) is 4.50. The molecule has 6 nitrogen and oxygen atoms in total. The Morgan fingerprint density at radius 1 is 1.07 bits per heavy atom. The van der Waals surface area contributed by atoms with Gasteiger partial charge in [-0.05, 0) is 58.2 Å². The zero-order valence-corrected chi connectivity index (χ0v) is 17.2. The molecule has 0 atom stereocenters. The highest BCUT2D eigenvalue weighted by Crippen LogP contribution is 2.21. The van der Waals surface area contributed by atoms with Crippen LogP contribution in [0.25, 0.3) is 0 Å². The minimum absolute atomic E-state index is 0.243. The minimum atomic E-state index is -0.286. The Morgan fingerprint density at radius 3 is 2.30 bits per heavy atom. The van der Waals surface area contributed by atoms with E-state index in [1.54, 1.807) is 12.1 Å². The maximum Gasteiger partial charge on any atom is 0.291 e. The van der Waals surface area contributed by atoms with Crippen LogP contribution in [0.1, 0.15) is 30.8 Å². The molecule has 2 heterocycles. The summed E-state index contributed by atoms with van der Waals surface area (Å²) in [6, 6.07) is 11.0. The van der Waals surface area contributed by atoms with E-state index in [1.165, 1.54) is 0 Å². The van der Waals surface area contributed by atoms with E-state index in [-0.39, 0.29) is 17.6 Å². The molecule has 1 aliphatic rings. The maximum atomic E-state index is 12.2. The van der Waals surface area contributed by atoms with Gasteiger partial charge in [-0.25, -0.2) is 0 Å². The second-order valence-corrected chi connectivity index (χ2v) is 7.85. The summed E-state index contributed by atoms with van der Waals surface area (Å²) in [5.74, 6) is 0.603. The molecule has 1 aromatic heterocycles. The molecule has 3 rings (SSSR count). The van der Waals surface area contributed by atoms with Gasteiger partial charge in [0.2, 0.25) is 5.91 Å². The van der Waals surface area contributed by atoms with Gasteiger partial charge in [-0.3, -0.25) is 9.59 Å². The van der Waals surface area contributed by atoms with Crippen molar-refractivity contribution in [2.24, 2.45) is 5.92 Å². The third kappa shape index (κ3) is 5.13. The number of nitrogens with one attached hydrogen (secondary N) is 1. The molecule has 0 radical (unpaired) electrons. The number of furan rings is 1. The molecule has 2 aromatic rings. The number of nitrogens with zero attached hydrogens (tertiary/aromatic N) is 2. The molecule has 0 bridgehead atoms. The van der Waals surface area contributed by atoms with Crippen molar-refractivity contribution in [3.8, 4) is 0 Å². The molecule has 1 N–H and O–H groups in total. The highest BCUT2D eigenvalue weighted by atomic mass is 79.9. The fraction of sp³-hybridized carbons (Fsp3) is 0.400. The zero-order chi connectivity index (χ0) is 19.4. The third-order valence-corrected chi connectivity index (χ3v) is 4.93. The monoisotopic (exact) mass is 433 g/mol. The van der Waals surface area contributed by atoms with Crippen molar-refractivity contribution in [2.45, 2.75) is 20.3 Å². The van der Waals surface area contributed by atoms with Gasteiger partial charge in [-0.1, -0.05) is 13.8 Å². The van der Waals surface area contributed by atoms with Crippen LogP contribution in [-0.4, -0.2) is 42.9 Å². The Hall–Kier alpha value is -2.28. The van der Waals surface area contributed by atoms with Gasteiger partial charge < -0.3 is 19.5 Å². The molecule has 1 saturated heterocycles. The normalized spacial score (nSPS) is 14.5. The maximum absolute atomic E-state index is 12.2. The van der Waals surface area contributed by atoms with Gasteiger partial charge in [0.1, 0.15) is 0 Å². The quantitative estimate of drug-likeness (QED) is 0.773. The Bertz CT molecular complexity index is 793. The number of amides is 2. The fourth-order valence-corrected chi connectivity index (χ4v) is 3.38. The average Bonchev–Trinajstić information content (AvgIpc) is 3.08. The molecular weight excluding hydrogens is 410 g/mol. The lowest BCUT2D eigenvalue weighted by atomic mass is 10.1. The van der Waals surface area contributed by atoms with Crippen molar-refractivity contribution < 1.29 is 14.0 Å². The smallest absolute Gasteiger partial charge is 0.291 e. The topological polar surface area (TPSA) is 65.8 Å². The fourth-order valence-electron chi connectivity index (χ4n) is 3.08. The van der Waals surface area contributed by atoms with E-state index in [0.717, 1.165) is 31.9 Å². The van der Waals surface area contributed by atoms with Gasteiger partial charge in [0, 0.05) is 44.0 Å². The number of piperazine rings is 1. The Morgan fingerprint density at radius 2 is 1.74 bits per heavy atom. The summed E-state index contributed by atoms with van der Waals surface area (Å²) in [7, 11) is 0. The van der Waals surface area contributed by atoms with Crippen LogP contribution in [0.3, 0.4) is 0 Å². The molecule has 27 heavy (non-hydrogen) atoms. The van der Waals surface area contributed by atoms with Crippen molar-refractivity contribution in [1.82, 2.24) is 4.90 Å². The number of hydrogen-bond acceptors (Lipinski definition) is 4. The van der Waals surface area contributed by atoms with Crippen LogP contribution in [0.5, 0.6) is 0 Å². The molecule has 0 spiro atoms. The van der Waals surface area contributed by atoms with E-state index in [0.29, 0.717) is 22.7 Å². The van der Waals surface area contributed by atoms with Gasteiger partial charge in [-0.15, -0.1) is 0 Å². The van der Waals surface area contributed by atoms with E-state index in [2.05, 4.69) is 40.0 Å². The Labute approximate surface area is 167 Å². The number of benzene rings is 1. The number of carbonyl (C=O) groups is 2. The van der Waals surface area contributed by atoms with Crippen LogP contribution in [0.4, 0.5) is 11.4 Å². The van der Waals surface area contributed by atoms with Crippen LogP contribution in [0.15, 0.2) is 45.5 Å². The SMILES string of the molecule is CC(C)CC(=O)N1CCN(c2ccc(NC(=O)c3ccc(Br)o3)cc2)CC1. The predicted octanol–water partition coefficient (Wildman–Crippen LogP) is 3.99. The summed E-state index contributed by atoms with van der Waals surface area (Å²) in [5.41, 5.74) is 1.80. The van der Waals surface area contributed by atoms with Crippen LogP contribution >= 0.6 is 15.9 Å². The van der Waals surface area contributed by atoms with Crippen LogP contribution < -0.4 is 10.2 Å². The lowest BCUT2D eigenvalue weighted by Crippen LogP contribution is -2.49. The molecule has 144 valence electrons. The van der Waals surface area contributed by atoms with E-state index in [9.17, 15) is 9.59 Å². The highest BCUT2D eigenvalue weighted by molar-refractivity contribution is 9.10. The summed E-state index contributed by atoms with van der Waals surface area (Å²) >= 11 is 3.19. The van der Waals surface area contributed by atoms with Crippen LogP contribution in [0, 0.1) is 5.92 Å². The predicted molar refractivity (Wildman–Crippen MR) is 109 cm³/mol. The van der Waals surface area contributed by atoms with Crippen molar-refractivity contribution in [3.05, 3.63) is 46.8 Å². The van der Waals surface area contributed by atoms with Gasteiger partial charge in [-0.2, -0.15) is 0 Å². The first kappa shape index (κ1) is 19.5. The molecule has 2 amide bonds. The van der Waals surface area contributed by atoms with Crippen LogP contribution in [-0.2, 0) is 4.79 Å². The van der Waals surface area contributed by atoms with Gasteiger partial charge >= 0.3 is 0 Å². The van der Waals surface area contributed by atoms with Gasteiger partial charge in [0.25, 0.3) is 5.91 Å². The number of rotatable bonds is 5. The lowest BCUT2D eigenvalue weighted by Gasteiger charge is -2.36. The highest BCUT2D eigenvalue weighted by Gasteiger charge is 2.21. The van der Waals surface area contributed by atoms with Gasteiger partial charge in [0.05, 0.1) is 0 Å². The number of carbonyl (C=O) groups excluding carboxylic acids is 2. The summed E-state index contributed by atoms with van der Waals surface area (Å²) in [6.07, 6.45) is 0.612. The summed E-state index contributed by atoms with van der Waals surface area (Å²) in [4.78, 5) is 28.5. The number of hydrogen-bond donors (Lipinski definition) is 1. The first-order chi connectivity index (χ1) is 12.9. The molecule has 1 aromatic carbocycles. The van der Waals surface area contributed by atoms with E-state index in [1.807, 2.05) is 29.2 Å². The van der Waals surface area contributed by atoms with Crippen molar-refractivity contribution in [3.63, 3.8) is 0 Å². The molecule has 1 fully saturated rings. The zero-order valence-electron chi connectivity index (χ0n) is 15.6. The second-order valence-electron chi connectivity index (χ2n) is 7.07. The first-order valence-electron chi connectivity index (χ1n) is 9.12. The molecule has 7 heteroatoms. The van der Waals surface area contributed by atoms with Crippen molar-refractivity contribution in [1.29, 1.82) is 0 Å². The second kappa shape index (κ2) is 8.61. The Kier molecular flexibility index (Phi) is 6.21. The molecule has 1 aliphatic heterocycles.